The molecule has 3 nitrogen and oxygen atoms in total. The van der Waals surface area contributed by atoms with Crippen LogP contribution in [0.5, 0.6) is 0 Å². The predicted molar refractivity (Wildman–Crippen MR) is 90.8 cm³/mol. The van der Waals surface area contributed by atoms with E-state index in [1.807, 2.05) is 18.2 Å². The fourth-order valence-electron chi connectivity index (χ4n) is 2.12. The molecule has 1 atom stereocenters. The molecule has 0 saturated carbocycles. The molecule has 0 amide bonds. The molecule has 2 N–H and O–H groups in total. The molecule has 0 aliphatic heterocycles. The summed E-state index contributed by atoms with van der Waals surface area (Å²) in [6, 6.07) is 8.91. The highest BCUT2D eigenvalue weighted by molar-refractivity contribution is 9.10. The lowest BCUT2D eigenvalue weighted by atomic mass is 10.0. The first-order chi connectivity index (χ1) is 9.95. The summed E-state index contributed by atoms with van der Waals surface area (Å²) >= 11 is 22.0. The molecule has 0 aliphatic rings. The number of aromatic nitrogens is 2. The standard InChI is InChI=1S/C14H8BrCl3N2O/c15-8-5-12-11(19-14(21)20-12)4-7(8)13(18)6-1-2-9(16)10(17)3-6/h1-5,13H,(H2,19,20,21). The summed E-state index contributed by atoms with van der Waals surface area (Å²) in [5.74, 6) is 0. The van der Waals surface area contributed by atoms with Gasteiger partial charge >= 0.3 is 5.69 Å². The van der Waals surface area contributed by atoms with E-state index in [0.29, 0.717) is 21.1 Å². The summed E-state index contributed by atoms with van der Waals surface area (Å²) in [5.41, 5.74) is 2.81. The maximum absolute atomic E-state index is 11.3. The van der Waals surface area contributed by atoms with E-state index in [1.165, 1.54) is 0 Å². The third-order valence-electron chi connectivity index (χ3n) is 3.14. The number of benzene rings is 2. The Morgan fingerprint density at radius 2 is 1.67 bits per heavy atom. The lowest BCUT2D eigenvalue weighted by Gasteiger charge is -2.13. The molecule has 3 aromatic rings. The molecule has 1 unspecified atom stereocenters. The average molecular weight is 406 g/mol. The summed E-state index contributed by atoms with van der Waals surface area (Å²) in [7, 11) is 0. The highest BCUT2D eigenvalue weighted by Crippen LogP contribution is 2.37. The zero-order valence-corrected chi connectivity index (χ0v) is 14.2. The maximum Gasteiger partial charge on any atom is 0.323 e. The Balaban J connectivity index is 2.11. The van der Waals surface area contributed by atoms with Gasteiger partial charge in [-0.1, -0.05) is 45.2 Å². The van der Waals surface area contributed by atoms with Crippen molar-refractivity contribution in [2.45, 2.75) is 5.38 Å². The number of hydrogen-bond acceptors (Lipinski definition) is 1. The van der Waals surface area contributed by atoms with E-state index < -0.39 is 5.38 Å². The molecule has 0 spiro atoms. The Kier molecular flexibility index (Phi) is 4.06. The molecular weight excluding hydrogens is 398 g/mol. The van der Waals surface area contributed by atoms with Crippen LogP contribution in [0.4, 0.5) is 0 Å². The number of halogens is 4. The predicted octanol–water partition coefficient (Wildman–Crippen LogP) is 5.25. The van der Waals surface area contributed by atoms with Crippen molar-refractivity contribution in [3.05, 3.63) is 66.5 Å². The van der Waals surface area contributed by atoms with Gasteiger partial charge in [0, 0.05) is 4.47 Å². The van der Waals surface area contributed by atoms with Crippen molar-refractivity contribution in [1.29, 1.82) is 0 Å². The van der Waals surface area contributed by atoms with E-state index in [2.05, 4.69) is 25.9 Å². The van der Waals surface area contributed by atoms with Gasteiger partial charge in [0.1, 0.15) is 0 Å². The number of nitrogens with one attached hydrogen (secondary N) is 2. The van der Waals surface area contributed by atoms with Crippen molar-refractivity contribution in [3.8, 4) is 0 Å². The van der Waals surface area contributed by atoms with Gasteiger partial charge in [-0.25, -0.2) is 4.79 Å². The monoisotopic (exact) mass is 404 g/mol. The Labute approximate surface area is 143 Å². The van der Waals surface area contributed by atoms with Crippen molar-refractivity contribution >= 4 is 61.8 Å². The van der Waals surface area contributed by atoms with E-state index in [0.717, 1.165) is 15.6 Å². The topological polar surface area (TPSA) is 48.6 Å². The van der Waals surface area contributed by atoms with Gasteiger partial charge < -0.3 is 9.97 Å². The second-order valence-electron chi connectivity index (χ2n) is 4.53. The van der Waals surface area contributed by atoms with Crippen LogP contribution in [-0.4, -0.2) is 9.97 Å². The Morgan fingerprint density at radius 1 is 1.00 bits per heavy atom. The van der Waals surface area contributed by atoms with Gasteiger partial charge in [0.05, 0.1) is 26.5 Å². The third-order valence-corrected chi connectivity index (χ3v) is 5.06. The first-order valence-corrected chi connectivity index (χ1v) is 7.94. The molecule has 0 aliphatic carbocycles. The Morgan fingerprint density at radius 3 is 2.33 bits per heavy atom. The van der Waals surface area contributed by atoms with Crippen LogP contribution in [0.2, 0.25) is 10.0 Å². The fourth-order valence-corrected chi connectivity index (χ4v) is 3.44. The number of hydrogen-bond donors (Lipinski definition) is 2. The molecule has 3 rings (SSSR count). The van der Waals surface area contributed by atoms with Crippen LogP contribution in [0.1, 0.15) is 16.5 Å². The van der Waals surface area contributed by atoms with Crippen LogP contribution < -0.4 is 5.69 Å². The van der Waals surface area contributed by atoms with Crippen LogP contribution in [-0.2, 0) is 0 Å². The van der Waals surface area contributed by atoms with E-state index in [9.17, 15) is 4.79 Å². The van der Waals surface area contributed by atoms with E-state index in [-0.39, 0.29) is 5.69 Å². The Hall–Kier alpha value is -0.940. The van der Waals surface area contributed by atoms with Crippen molar-refractivity contribution in [2.24, 2.45) is 0 Å². The average Bonchev–Trinajstić information content (AvgIpc) is 2.79. The van der Waals surface area contributed by atoms with Crippen molar-refractivity contribution in [3.63, 3.8) is 0 Å². The first-order valence-electron chi connectivity index (χ1n) is 5.96. The molecule has 2 aromatic carbocycles. The SMILES string of the molecule is O=c1[nH]c2cc(Br)c(C(Cl)c3ccc(Cl)c(Cl)c3)cc2[nH]1. The van der Waals surface area contributed by atoms with Crippen molar-refractivity contribution < 1.29 is 0 Å². The summed E-state index contributed by atoms with van der Waals surface area (Å²) in [5, 5.41) is 0.512. The summed E-state index contributed by atoms with van der Waals surface area (Å²) < 4.78 is 0.802. The second-order valence-corrected chi connectivity index (χ2v) is 6.64. The maximum atomic E-state index is 11.3. The smallest absolute Gasteiger partial charge is 0.306 e. The third kappa shape index (κ3) is 2.86. The van der Waals surface area contributed by atoms with Gasteiger partial charge in [-0.3, -0.25) is 0 Å². The van der Waals surface area contributed by atoms with Crippen LogP contribution in [0.15, 0.2) is 39.6 Å². The molecule has 7 heteroatoms. The minimum atomic E-state index is -0.419. The van der Waals surface area contributed by atoms with Gasteiger partial charge in [-0.15, -0.1) is 11.6 Å². The lowest BCUT2D eigenvalue weighted by Crippen LogP contribution is -1.99. The van der Waals surface area contributed by atoms with Crippen molar-refractivity contribution in [1.82, 2.24) is 9.97 Å². The molecule has 0 bridgehead atoms. The number of alkyl halides is 1. The highest BCUT2D eigenvalue weighted by atomic mass is 79.9. The van der Waals surface area contributed by atoms with E-state index in [4.69, 9.17) is 34.8 Å². The quantitative estimate of drug-likeness (QED) is 0.561. The Bertz CT molecular complexity index is 888. The summed E-state index contributed by atoms with van der Waals surface area (Å²) in [6.45, 7) is 0. The molecule has 0 fully saturated rings. The van der Waals surface area contributed by atoms with Gasteiger partial charge in [0.25, 0.3) is 0 Å². The lowest BCUT2D eigenvalue weighted by molar-refractivity contribution is 1.13. The zero-order valence-electron chi connectivity index (χ0n) is 10.4. The normalized spacial score (nSPS) is 12.8. The molecule has 1 heterocycles. The molecule has 0 radical (unpaired) electrons. The first kappa shape index (κ1) is 15.0. The molecule has 1 aromatic heterocycles. The van der Waals surface area contributed by atoms with E-state index >= 15 is 0 Å². The molecule has 21 heavy (non-hydrogen) atoms. The number of aromatic amines is 2. The highest BCUT2D eigenvalue weighted by Gasteiger charge is 2.17. The van der Waals surface area contributed by atoms with Crippen LogP contribution >= 0.6 is 50.7 Å². The number of imidazole rings is 1. The largest absolute Gasteiger partial charge is 0.323 e. The minimum Gasteiger partial charge on any atom is -0.306 e. The molecule has 108 valence electrons. The van der Waals surface area contributed by atoms with Crippen molar-refractivity contribution in [2.75, 3.05) is 0 Å². The molecular formula is C14H8BrCl3N2O. The van der Waals surface area contributed by atoms with Gasteiger partial charge in [0.15, 0.2) is 0 Å². The summed E-state index contributed by atoms with van der Waals surface area (Å²) in [4.78, 5) is 16.8. The fraction of sp³-hybridized carbons (Fsp3) is 0.0714. The van der Waals surface area contributed by atoms with Gasteiger partial charge in [-0.05, 0) is 35.4 Å². The molecule has 0 saturated heterocycles. The van der Waals surface area contributed by atoms with Crippen LogP contribution in [0, 0.1) is 0 Å². The van der Waals surface area contributed by atoms with Crippen LogP contribution in [0.25, 0.3) is 11.0 Å². The van der Waals surface area contributed by atoms with E-state index in [1.54, 1.807) is 12.1 Å². The minimum absolute atomic E-state index is 0.255. The van der Waals surface area contributed by atoms with Crippen LogP contribution in [0.3, 0.4) is 0 Å². The second kappa shape index (κ2) is 5.69. The number of fused-ring (bicyclic) bond motifs is 1. The summed E-state index contributed by atoms with van der Waals surface area (Å²) in [6.07, 6.45) is 0. The zero-order chi connectivity index (χ0) is 15.1. The van der Waals surface area contributed by atoms with Gasteiger partial charge in [-0.2, -0.15) is 0 Å². The van der Waals surface area contributed by atoms with Gasteiger partial charge in [0.2, 0.25) is 0 Å². The number of H-pyrrole nitrogens is 2. The number of rotatable bonds is 2.